The number of hydrogen-bond donors (Lipinski definition) is 0. The topological polar surface area (TPSA) is 101 Å². The van der Waals surface area contributed by atoms with Crippen LogP contribution in [0.4, 0.5) is 0 Å². The quantitative estimate of drug-likeness (QED) is 0.574. The molecule has 0 saturated carbocycles. The van der Waals surface area contributed by atoms with E-state index in [0.717, 1.165) is 19.3 Å². The van der Waals surface area contributed by atoms with Crippen molar-refractivity contribution in [2.75, 3.05) is 19.6 Å². The van der Waals surface area contributed by atoms with Crippen LogP contribution in [0.25, 0.3) is 0 Å². The summed E-state index contributed by atoms with van der Waals surface area (Å²) in [5.74, 6) is -0.262. The number of likely N-dealkylation sites (tertiary alicyclic amines) is 1. The van der Waals surface area contributed by atoms with Gasteiger partial charge in [0.2, 0.25) is 16.1 Å². The fourth-order valence-corrected chi connectivity index (χ4v) is 5.51. The lowest BCUT2D eigenvalue weighted by atomic mass is 10.0. The van der Waals surface area contributed by atoms with Crippen molar-refractivity contribution in [3.63, 3.8) is 0 Å². The van der Waals surface area contributed by atoms with E-state index in [9.17, 15) is 23.3 Å². The summed E-state index contributed by atoms with van der Waals surface area (Å²) in [4.78, 5) is 25.4. The minimum absolute atomic E-state index is 0.00711. The Kier molecular flexibility index (Phi) is 5.81. The summed E-state index contributed by atoms with van der Waals surface area (Å²) in [6.07, 6.45) is 3.27. The molecular formula is C18H25N3O5S. The molecule has 27 heavy (non-hydrogen) atoms. The number of carbonyl (C=O) groups is 1. The van der Waals surface area contributed by atoms with Gasteiger partial charge >= 0.3 is 0 Å². The van der Waals surface area contributed by atoms with Gasteiger partial charge in [0.25, 0.3) is 5.91 Å². The number of rotatable bonds is 4. The molecule has 1 aromatic rings. The second-order valence-electron chi connectivity index (χ2n) is 7.26. The molecule has 0 spiro atoms. The Bertz CT molecular complexity index is 818. The Labute approximate surface area is 159 Å². The van der Waals surface area contributed by atoms with Crippen LogP contribution in [-0.4, -0.2) is 60.2 Å². The number of hydrogen-bond acceptors (Lipinski definition) is 5. The van der Waals surface area contributed by atoms with Gasteiger partial charge in [-0.2, -0.15) is 4.31 Å². The molecule has 0 radical (unpaired) electrons. The summed E-state index contributed by atoms with van der Waals surface area (Å²) in [6, 6.07) is 5.66. The van der Waals surface area contributed by atoms with Crippen LogP contribution in [0, 0.1) is 10.1 Å². The minimum atomic E-state index is -3.88. The van der Waals surface area contributed by atoms with Gasteiger partial charge in [-0.05, 0) is 38.3 Å². The minimum Gasteiger partial charge on any atom is -0.336 e. The lowest BCUT2D eigenvalue weighted by Gasteiger charge is -2.34. The third kappa shape index (κ3) is 3.98. The molecule has 0 N–H and O–H groups in total. The SMILES string of the molecule is C[C@@H]1CCCCN1C(=O)c1ccccc1S(=O)(=O)N1CCC([N+](=O)[O-])CC1. The molecule has 2 heterocycles. The number of nitro groups is 1. The van der Waals surface area contributed by atoms with Crippen LogP contribution in [0.1, 0.15) is 49.4 Å². The Morgan fingerprint density at radius 3 is 2.41 bits per heavy atom. The number of carbonyl (C=O) groups excluding carboxylic acids is 1. The van der Waals surface area contributed by atoms with Crippen molar-refractivity contribution in [1.82, 2.24) is 9.21 Å². The van der Waals surface area contributed by atoms with Gasteiger partial charge in [0.1, 0.15) is 0 Å². The van der Waals surface area contributed by atoms with Gasteiger partial charge in [-0.15, -0.1) is 0 Å². The Morgan fingerprint density at radius 2 is 1.78 bits per heavy atom. The molecule has 1 aromatic carbocycles. The first-order chi connectivity index (χ1) is 12.8. The van der Waals surface area contributed by atoms with Crippen molar-refractivity contribution in [3.8, 4) is 0 Å². The summed E-state index contributed by atoms with van der Waals surface area (Å²) < 4.78 is 27.5. The highest BCUT2D eigenvalue weighted by Crippen LogP contribution is 2.27. The average Bonchev–Trinajstić information content (AvgIpc) is 2.68. The monoisotopic (exact) mass is 395 g/mol. The van der Waals surface area contributed by atoms with E-state index in [1.807, 2.05) is 6.92 Å². The van der Waals surface area contributed by atoms with Crippen molar-refractivity contribution < 1.29 is 18.1 Å². The zero-order valence-corrected chi connectivity index (χ0v) is 16.2. The zero-order chi connectivity index (χ0) is 19.6. The van der Waals surface area contributed by atoms with Crippen LogP contribution >= 0.6 is 0 Å². The second kappa shape index (κ2) is 7.93. The van der Waals surface area contributed by atoms with Gasteiger partial charge in [0, 0.05) is 43.4 Å². The summed E-state index contributed by atoms with van der Waals surface area (Å²) in [7, 11) is -3.88. The molecule has 148 valence electrons. The van der Waals surface area contributed by atoms with Crippen LogP contribution in [-0.2, 0) is 10.0 Å². The van der Waals surface area contributed by atoms with Crippen LogP contribution in [0.5, 0.6) is 0 Å². The molecule has 0 aromatic heterocycles. The van der Waals surface area contributed by atoms with E-state index < -0.39 is 16.1 Å². The maximum atomic E-state index is 13.1. The highest BCUT2D eigenvalue weighted by atomic mass is 32.2. The van der Waals surface area contributed by atoms with Crippen LogP contribution in [0.15, 0.2) is 29.2 Å². The first-order valence-corrected chi connectivity index (χ1v) is 10.8. The van der Waals surface area contributed by atoms with E-state index in [0.29, 0.717) is 6.54 Å². The van der Waals surface area contributed by atoms with Crippen molar-refractivity contribution in [2.24, 2.45) is 0 Å². The molecule has 2 aliphatic rings. The first-order valence-electron chi connectivity index (χ1n) is 9.36. The summed E-state index contributed by atoms with van der Waals surface area (Å²) >= 11 is 0. The van der Waals surface area contributed by atoms with E-state index in [4.69, 9.17) is 0 Å². The first kappa shape index (κ1) is 19.8. The highest BCUT2D eigenvalue weighted by molar-refractivity contribution is 7.89. The molecule has 2 fully saturated rings. The van der Waals surface area contributed by atoms with E-state index in [1.165, 1.54) is 10.4 Å². The molecule has 0 unspecified atom stereocenters. The summed E-state index contributed by atoms with van der Waals surface area (Å²) in [5, 5.41) is 10.9. The predicted molar refractivity (Wildman–Crippen MR) is 99.6 cm³/mol. The van der Waals surface area contributed by atoms with Crippen LogP contribution in [0.2, 0.25) is 0 Å². The maximum absolute atomic E-state index is 13.1. The van der Waals surface area contributed by atoms with Gasteiger partial charge in [0.15, 0.2) is 0 Å². The van der Waals surface area contributed by atoms with E-state index >= 15 is 0 Å². The van der Waals surface area contributed by atoms with Gasteiger partial charge in [0.05, 0.1) is 10.5 Å². The predicted octanol–water partition coefficient (Wildman–Crippen LogP) is 2.13. The third-order valence-electron chi connectivity index (χ3n) is 5.52. The fraction of sp³-hybridized carbons (Fsp3) is 0.611. The zero-order valence-electron chi connectivity index (χ0n) is 15.4. The lowest BCUT2D eigenvalue weighted by Crippen LogP contribution is -2.44. The van der Waals surface area contributed by atoms with Crippen molar-refractivity contribution in [1.29, 1.82) is 0 Å². The van der Waals surface area contributed by atoms with Crippen molar-refractivity contribution in [2.45, 2.75) is 56.0 Å². The third-order valence-corrected chi connectivity index (χ3v) is 7.48. The molecule has 9 heteroatoms. The largest absolute Gasteiger partial charge is 0.336 e. The Balaban J connectivity index is 1.86. The lowest BCUT2D eigenvalue weighted by molar-refractivity contribution is -0.526. The Morgan fingerprint density at radius 1 is 1.11 bits per heavy atom. The highest BCUT2D eigenvalue weighted by Gasteiger charge is 2.36. The average molecular weight is 395 g/mol. The van der Waals surface area contributed by atoms with Crippen molar-refractivity contribution >= 4 is 15.9 Å². The van der Waals surface area contributed by atoms with Gasteiger partial charge in [-0.25, -0.2) is 8.42 Å². The summed E-state index contributed by atoms with van der Waals surface area (Å²) in [5.41, 5.74) is 0.183. The van der Waals surface area contributed by atoms with E-state index in [-0.39, 0.29) is 53.3 Å². The summed E-state index contributed by atoms with van der Waals surface area (Å²) in [6.45, 7) is 2.80. The standard InChI is InChI=1S/C18H25N3O5S/c1-14-6-4-5-11-20(14)18(22)16-7-2-3-8-17(16)27(25,26)19-12-9-15(10-13-19)21(23)24/h2-3,7-8,14-15H,4-6,9-13H2,1H3/t14-/m1/s1. The van der Waals surface area contributed by atoms with E-state index in [2.05, 4.69) is 0 Å². The molecule has 0 bridgehead atoms. The van der Waals surface area contributed by atoms with Crippen LogP contribution < -0.4 is 0 Å². The molecule has 8 nitrogen and oxygen atoms in total. The smallest absolute Gasteiger partial charge is 0.255 e. The van der Waals surface area contributed by atoms with Gasteiger partial charge in [-0.3, -0.25) is 14.9 Å². The number of piperidine rings is 2. The molecule has 3 rings (SSSR count). The van der Waals surface area contributed by atoms with E-state index in [1.54, 1.807) is 23.1 Å². The number of nitrogens with zero attached hydrogens (tertiary/aromatic N) is 3. The fourth-order valence-electron chi connectivity index (χ4n) is 3.86. The molecule has 2 aliphatic heterocycles. The molecule has 2 saturated heterocycles. The molecular weight excluding hydrogens is 370 g/mol. The second-order valence-corrected chi connectivity index (χ2v) is 9.17. The van der Waals surface area contributed by atoms with Gasteiger partial charge in [-0.1, -0.05) is 12.1 Å². The maximum Gasteiger partial charge on any atom is 0.255 e. The van der Waals surface area contributed by atoms with Crippen LogP contribution in [0.3, 0.4) is 0 Å². The molecule has 1 atom stereocenters. The molecule has 1 amide bonds. The number of amides is 1. The van der Waals surface area contributed by atoms with Gasteiger partial charge < -0.3 is 4.90 Å². The van der Waals surface area contributed by atoms with Crippen molar-refractivity contribution in [3.05, 3.63) is 39.9 Å². The molecule has 0 aliphatic carbocycles. The Hall–Kier alpha value is -2.00. The number of sulfonamides is 1. The number of benzene rings is 1. The normalized spacial score (nSPS) is 22.6.